The minimum atomic E-state index is -3.22. The maximum Gasteiger partial charge on any atom is 0.213 e. The summed E-state index contributed by atoms with van der Waals surface area (Å²) in [4.78, 5) is 4.51. The molecule has 0 bridgehead atoms. The molecular formula is C19H39IN4O3S. The second-order valence-corrected chi connectivity index (χ2v) is 9.56. The molecule has 0 atom stereocenters. The minimum Gasteiger partial charge on any atom is -0.378 e. The lowest BCUT2D eigenvalue weighted by Gasteiger charge is -2.25. The molecule has 0 aliphatic heterocycles. The number of halogens is 1. The summed E-state index contributed by atoms with van der Waals surface area (Å²) in [5.74, 6) is 1.27. The van der Waals surface area contributed by atoms with Gasteiger partial charge < -0.3 is 15.4 Å². The first kappa shape index (κ1) is 25.9. The Labute approximate surface area is 188 Å². The molecule has 2 fully saturated rings. The molecular weight excluding hydrogens is 491 g/mol. The van der Waals surface area contributed by atoms with E-state index in [1.165, 1.54) is 38.5 Å². The van der Waals surface area contributed by atoms with Gasteiger partial charge in [0.15, 0.2) is 5.96 Å². The van der Waals surface area contributed by atoms with E-state index < -0.39 is 10.0 Å². The quantitative estimate of drug-likeness (QED) is 0.156. The lowest BCUT2D eigenvalue weighted by molar-refractivity contribution is 0.0281. The smallest absolute Gasteiger partial charge is 0.213 e. The van der Waals surface area contributed by atoms with Crippen molar-refractivity contribution in [1.29, 1.82) is 0 Å². The van der Waals surface area contributed by atoms with Crippen LogP contribution in [0.25, 0.3) is 0 Å². The summed E-state index contributed by atoms with van der Waals surface area (Å²) in [6.07, 6.45) is 11.1. The average Bonchev–Trinajstić information content (AvgIpc) is 2.60. The summed E-state index contributed by atoms with van der Waals surface area (Å²) in [6, 6.07) is 0. The fourth-order valence-electron chi connectivity index (χ4n) is 3.40. The Bertz CT molecular complexity index is 535. The molecule has 2 saturated carbocycles. The molecule has 0 spiro atoms. The van der Waals surface area contributed by atoms with E-state index >= 15 is 0 Å². The number of guanidine groups is 1. The van der Waals surface area contributed by atoms with E-state index in [1.807, 2.05) is 6.92 Å². The number of sulfonamides is 1. The highest BCUT2D eigenvalue weighted by molar-refractivity contribution is 14.0. The third kappa shape index (κ3) is 11.2. The molecule has 7 nitrogen and oxygen atoms in total. The van der Waals surface area contributed by atoms with Crippen molar-refractivity contribution in [3.63, 3.8) is 0 Å². The lowest BCUT2D eigenvalue weighted by atomic mass is 9.86. The molecule has 0 aromatic heterocycles. The van der Waals surface area contributed by atoms with Gasteiger partial charge in [-0.05, 0) is 44.9 Å². The highest BCUT2D eigenvalue weighted by Gasteiger charge is 2.20. The predicted octanol–water partition coefficient (Wildman–Crippen LogP) is 2.62. The van der Waals surface area contributed by atoms with Gasteiger partial charge >= 0.3 is 0 Å². The molecule has 2 aliphatic rings. The monoisotopic (exact) mass is 530 g/mol. The van der Waals surface area contributed by atoms with Gasteiger partial charge in [0.2, 0.25) is 10.0 Å². The second-order valence-electron chi connectivity index (χ2n) is 7.64. The van der Waals surface area contributed by atoms with E-state index in [1.54, 1.807) is 0 Å². The van der Waals surface area contributed by atoms with Crippen LogP contribution < -0.4 is 15.4 Å². The van der Waals surface area contributed by atoms with Crippen LogP contribution in [-0.4, -0.2) is 59.0 Å². The van der Waals surface area contributed by atoms with E-state index in [0.717, 1.165) is 32.4 Å². The Morgan fingerprint density at radius 2 is 1.82 bits per heavy atom. The SMILES string of the molecule is CCNC(=NCCCOC1CCCCC1)NCCS(=O)(=O)NCC1CCC1.I. The van der Waals surface area contributed by atoms with Gasteiger partial charge in [-0.2, -0.15) is 0 Å². The fraction of sp³-hybridized carbons (Fsp3) is 0.947. The van der Waals surface area contributed by atoms with E-state index in [9.17, 15) is 8.42 Å². The first-order chi connectivity index (χ1) is 13.1. The zero-order valence-corrected chi connectivity index (χ0v) is 20.4. The van der Waals surface area contributed by atoms with Gasteiger partial charge in [-0.25, -0.2) is 13.1 Å². The molecule has 0 unspecified atom stereocenters. The average molecular weight is 531 g/mol. The van der Waals surface area contributed by atoms with Crippen LogP contribution in [0.3, 0.4) is 0 Å². The topological polar surface area (TPSA) is 91.8 Å². The Hall–Kier alpha value is -0.130. The highest BCUT2D eigenvalue weighted by Crippen LogP contribution is 2.25. The molecule has 0 heterocycles. The van der Waals surface area contributed by atoms with Crippen LogP contribution >= 0.6 is 24.0 Å². The molecule has 0 saturated heterocycles. The minimum absolute atomic E-state index is 0. The Morgan fingerprint density at radius 3 is 2.46 bits per heavy atom. The zero-order valence-electron chi connectivity index (χ0n) is 17.2. The molecule has 0 radical (unpaired) electrons. The normalized spacial score (nSPS) is 19.0. The number of rotatable bonds is 12. The first-order valence-corrected chi connectivity index (χ1v) is 12.4. The zero-order chi connectivity index (χ0) is 19.4. The molecule has 0 aromatic carbocycles. The molecule has 2 rings (SSSR count). The van der Waals surface area contributed by atoms with E-state index in [2.05, 4.69) is 20.3 Å². The van der Waals surface area contributed by atoms with E-state index in [4.69, 9.17) is 4.74 Å². The summed E-state index contributed by atoms with van der Waals surface area (Å²) in [7, 11) is -3.22. The van der Waals surface area contributed by atoms with Crippen molar-refractivity contribution in [2.24, 2.45) is 10.9 Å². The summed E-state index contributed by atoms with van der Waals surface area (Å²) in [5, 5.41) is 6.27. The number of aliphatic imine (C=N–C) groups is 1. The number of nitrogens with one attached hydrogen (secondary N) is 3. The highest BCUT2D eigenvalue weighted by atomic mass is 127. The predicted molar refractivity (Wildman–Crippen MR) is 126 cm³/mol. The van der Waals surface area contributed by atoms with Crippen molar-refractivity contribution in [3.05, 3.63) is 0 Å². The van der Waals surface area contributed by atoms with Gasteiger partial charge in [0, 0.05) is 32.8 Å². The van der Waals surface area contributed by atoms with Gasteiger partial charge in [0.1, 0.15) is 0 Å². The molecule has 3 N–H and O–H groups in total. The van der Waals surface area contributed by atoms with Crippen molar-refractivity contribution in [2.75, 3.05) is 38.5 Å². The van der Waals surface area contributed by atoms with E-state index in [-0.39, 0.29) is 29.7 Å². The third-order valence-corrected chi connectivity index (χ3v) is 6.65. The first-order valence-electron chi connectivity index (χ1n) is 10.7. The maximum absolute atomic E-state index is 12.0. The third-order valence-electron chi connectivity index (χ3n) is 5.30. The van der Waals surface area contributed by atoms with Crippen molar-refractivity contribution >= 4 is 40.0 Å². The molecule has 28 heavy (non-hydrogen) atoms. The summed E-state index contributed by atoms with van der Waals surface area (Å²) in [5.41, 5.74) is 0. The van der Waals surface area contributed by atoms with Gasteiger partial charge in [0.05, 0.1) is 11.9 Å². The lowest BCUT2D eigenvalue weighted by Crippen LogP contribution is -2.42. The fourth-order valence-corrected chi connectivity index (χ4v) is 4.40. The molecule has 9 heteroatoms. The van der Waals surface area contributed by atoms with Crippen LogP contribution in [0.4, 0.5) is 0 Å². The Balaban J connectivity index is 0.00000392. The van der Waals surface area contributed by atoms with Gasteiger partial charge in [-0.15, -0.1) is 24.0 Å². The largest absolute Gasteiger partial charge is 0.378 e. The van der Waals surface area contributed by atoms with Crippen molar-refractivity contribution in [3.8, 4) is 0 Å². The number of nitrogens with zero attached hydrogens (tertiary/aromatic N) is 1. The van der Waals surface area contributed by atoms with E-state index in [0.29, 0.717) is 37.6 Å². The molecule has 0 aromatic rings. The van der Waals surface area contributed by atoms with Crippen LogP contribution in [0.5, 0.6) is 0 Å². The summed E-state index contributed by atoms with van der Waals surface area (Å²) < 4.78 is 32.7. The Kier molecular flexibility index (Phi) is 13.7. The molecule has 0 amide bonds. The molecule has 2 aliphatic carbocycles. The van der Waals surface area contributed by atoms with Gasteiger partial charge in [0.25, 0.3) is 0 Å². The molecule has 166 valence electrons. The summed E-state index contributed by atoms with van der Waals surface area (Å²) >= 11 is 0. The number of hydrogen-bond acceptors (Lipinski definition) is 4. The van der Waals surface area contributed by atoms with Crippen LogP contribution in [0.1, 0.15) is 64.7 Å². The van der Waals surface area contributed by atoms with Crippen molar-refractivity contribution in [1.82, 2.24) is 15.4 Å². The standard InChI is InChI=1S/C19H38N4O3S.HI/c1-2-20-19(21-12-7-14-26-18-10-4-3-5-11-18)22-13-15-27(24,25)23-16-17-8-6-9-17;/h17-18,23H,2-16H2,1H3,(H2,20,21,22);1H. The second kappa shape index (κ2) is 14.8. The Morgan fingerprint density at radius 1 is 1.07 bits per heavy atom. The van der Waals surface area contributed by atoms with Crippen LogP contribution in [0.2, 0.25) is 0 Å². The van der Waals surface area contributed by atoms with Gasteiger partial charge in [-0.3, -0.25) is 4.99 Å². The number of hydrogen-bond donors (Lipinski definition) is 3. The maximum atomic E-state index is 12.0. The van der Waals surface area contributed by atoms with Gasteiger partial charge in [-0.1, -0.05) is 25.7 Å². The van der Waals surface area contributed by atoms with Crippen molar-refractivity contribution < 1.29 is 13.2 Å². The van der Waals surface area contributed by atoms with Crippen LogP contribution in [-0.2, 0) is 14.8 Å². The van der Waals surface area contributed by atoms with Crippen LogP contribution in [0.15, 0.2) is 4.99 Å². The number of ether oxygens (including phenoxy) is 1. The summed E-state index contributed by atoms with van der Waals surface area (Å²) in [6.45, 7) is 5.10. The van der Waals surface area contributed by atoms with Crippen molar-refractivity contribution in [2.45, 2.75) is 70.8 Å². The van der Waals surface area contributed by atoms with Crippen LogP contribution in [0, 0.1) is 5.92 Å².